The van der Waals surface area contributed by atoms with Crippen LogP contribution in [0, 0.1) is 5.92 Å². The maximum Gasteiger partial charge on any atom is 0.0601 e. The lowest BCUT2D eigenvalue weighted by Gasteiger charge is -2.20. The zero-order chi connectivity index (χ0) is 10.8. The average Bonchev–Trinajstić information content (AvgIpc) is 2.66. The second-order valence-electron chi connectivity index (χ2n) is 3.99. The van der Waals surface area contributed by atoms with E-state index in [0.29, 0.717) is 16.6 Å². The standard InChI is InChI=1S/C11H15ClN2O/c12-9-1-2-11(10(13)5-9)14-4-3-8(6-14)7-15/h1-2,5,8,15H,3-4,6-7,13H2. The predicted octanol–water partition coefficient (Wildman–Crippen LogP) is 1.74. The van der Waals surface area contributed by atoms with E-state index in [4.69, 9.17) is 22.4 Å². The van der Waals surface area contributed by atoms with Crippen molar-refractivity contribution in [2.24, 2.45) is 5.92 Å². The molecule has 0 amide bonds. The van der Waals surface area contributed by atoms with Gasteiger partial charge in [-0.05, 0) is 24.6 Å². The lowest BCUT2D eigenvalue weighted by Crippen LogP contribution is -2.21. The normalized spacial score (nSPS) is 20.9. The lowest BCUT2D eigenvalue weighted by atomic mass is 10.1. The number of hydrogen-bond donors (Lipinski definition) is 2. The number of nitrogens with two attached hydrogens (primary N) is 1. The Morgan fingerprint density at radius 1 is 1.53 bits per heavy atom. The molecule has 82 valence electrons. The van der Waals surface area contributed by atoms with E-state index in [2.05, 4.69) is 4.90 Å². The van der Waals surface area contributed by atoms with E-state index in [1.54, 1.807) is 6.07 Å². The summed E-state index contributed by atoms with van der Waals surface area (Å²) in [4.78, 5) is 2.20. The molecule has 2 rings (SSSR count). The monoisotopic (exact) mass is 226 g/mol. The Bertz CT molecular complexity index is 356. The molecule has 1 unspecified atom stereocenters. The molecule has 0 aromatic heterocycles. The fourth-order valence-corrected chi connectivity index (χ4v) is 2.19. The highest BCUT2D eigenvalue weighted by Gasteiger charge is 2.22. The van der Waals surface area contributed by atoms with Gasteiger partial charge in [-0.3, -0.25) is 0 Å². The molecule has 3 nitrogen and oxygen atoms in total. The number of hydrogen-bond acceptors (Lipinski definition) is 3. The molecule has 15 heavy (non-hydrogen) atoms. The molecular weight excluding hydrogens is 212 g/mol. The average molecular weight is 227 g/mol. The third-order valence-corrected chi connectivity index (χ3v) is 3.11. The Morgan fingerprint density at radius 2 is 2.33 bits per heavy atom. The minimum atomic E-state index is 0.254. The molecule has 0 radical (unpaired) electrons. The number of anilines is 2. The first-order valence-corrected chi connectivity index (χ1v) is 5.49. The Morgan fingerprint density at radius 3 is 2.93 bits per heavy atom. The van der Waals surface area contributed by atoms with Gasteiger partial charge in [0.1, 0.15) is 0 Å². The molecule has 1 atom stereocenters. The summed E-state index contributed by atoms with van der Waals surface area (Å²) >= 11 is 5.84. The summed E-state index contributed by atoms with van der Waals surface area (Å²) in [5.41, 5.74) is 7.63. The molecule has 0 aliphatic carbocycles. The van der Waals surface area contributed by atoms with Crippen LogP contribution in [0.25, 0.3) is 0 Å². The van der Waals surface area contributed by atoms with Gasteiger partial charge in [-0.1, -0.05) is 11.6 Å². The van der Waals surface area contributed by atoms with Gasteiger partial charge in [-0.2, -0.15) is 0 Å². The van der Waals surface area contributed by atoms with Crippen molar-refractivity contribution in [1.82, 2.24) is 0 Å². The van der Waals surface area contributed by atoms with Crippen molar-refractivity contribution in [1.29, 1.82) is 0 Å². The molecule has 1 aliphatic rings. The first-order chi connectivity index (χ1) is 7.20. The number of aliphatic hydroxyl groups excluding tert-OH is 1. The Kier molecular flexibility index (Phi) is 3.03. The number of benzene rings is 1. The fourth-order valence-electron chi connectivity index (χ4n) is 2.01. The van der Waals surface area contributed by atoms with Gasteiger partial charge in [0.05, 0.1) is 11.4 Å². The molecule has 1 aromatic rings. The molecule has 3 N–H and O–H groups in total. The van der Waals surface area contributed by atoms with Gasteiger partial charge >= 0.3 is 0 Å². The van der Waals surface area contributed by atoms with Crippen molar-refractivity contribution in [3.8, 4) is 0 Å². The molecule has 1 aliphatic heterocycles. The Balaban J connectivity index is 2.17. The number of aliphatic hydroxyl groups is 1. The van der Waals surface area contributed by atoms with Crippen molar-refractivity contribution in [3.63, 3.8) is 0 Å². The van der Waals surface area contributed by atoms with Crippen LogP contribution in [-0.4, -0.2) is 24.8 Å². The highest BCUT2D eigenvalue weighted by molar-refractivity contribution is 6.31. The van der Waals surface area contributed by atoms with Crippen LogP contribution in [0.3, 0.4) is 0 Å². The molecule has 1 fully saturated rings. The topological polar surface area (TPSA) is 49.5 Å². The minimum absolute atomic E-state index is 0.254. The van der Waals surface area contributed by atoms with Gasteiger partial charge < -0.3 is 15.7 Å². The van der Waals surface area contributed by atoms with E-state index in [0.717, 1.165) is 25.2 Å². The largest absolute Gasteiger partial charge is 0.397 e. The van der Waals surface area contributed by atoms with E-state index in [1.807, 2.05) is 12.1 Å². The molecule has 1 saturated heterocycles. The molecule has 1 heterocycles. The third kappa shape index (κ3) is 2.19. The predicted molar refractivity (Wildman–Crippen MR) is 63.3 cm³/mol. The molecule has 0 spiro atoms. The van der Waals surface area contributed by atoms with Crippen LogP contribution in [0.1, 0.15) is 6.42 Å². The molecule has 0 bridgehead atoms. The van der Waals surface area contributed by atoms with E-state index >= 15 is 0 Å². The minimum Gasteiger partial charge on any atom is -0.397 e. The SMILES string of the molecule is Nc1cc(Cl)ccc1N1CCC(CO)C1. The van der Waals surface area contributed by atoms with Crippen molar-refractivity contribution in [2.75, 3.05) is 30.3 Å². The first-order valence-electron chi connectivity index (χ1n) is 5.11. The van der Waals surface area contributed by atoms with E-state index < -0.39 is 0 Å². The Labute approximate surface area is 94.4 Å². The number of rotatable bonds is 2. The highest BCUT2D eigenvalue weighted by Crippen LogP contribution is 2.30. The second kappa shape index (κ2) is 4.29. The van der Waals surface area contributed by atoms with E-state index in [1.165, 1.54) is 0 Å². The van der Waals surface area contributed by atoms with Gasteiger partial charge in [-0.25, -0.2) is 0 Å². The van der Waals surface area contributed by atoms with Gasteiger partial charge in [0.2, 0.25) is 0 Å². The molecule has 4 heteroatoms. The maximum atomic E-state index is 9.07. The summed E-state index contributed by atoms with van der Waals surface area (Å²) in [7, 11) is 0. The van der Waals surface area contributed by atoms with Crippen LogP contribution in [0.2, 0.25) is 5.02 Å². The van der Waals surface area contributed by atoms with Crippen LogP contribution in [0.4, 0.5) is 11.4 Å². The zero-order valence-electron chi connectivity index (χ0n) is 8.49. The maximum absolute atomic E-state index is 9.07. The van der Waals surface area contributed by atoms with Crippen LogP contribution in [0.15, 0.2) is 18.2 Å². The zero-order valence-corrected chi connectivity index (χ0v) is 9.24. The van der Waals surface area contributed by atoms with Gasteiger partial charge in [0.25, 0.3) is 0 Å². The summed E-state index contributed by atoms with van der Waals surface area (Å²) in [6.07, 6.45) is 1.03. The summed E-state index contributed by atoms with van der Waals surface area (Å²) in [5.74, 6) is 0.375. The van der Waals surface area contributed by atoms with Crippen LogP contribution in [0.5, 0.6) is 0 Å². The fraction of sp³-hybridized carbons (Fsp3) is 0.455. The number of nitrogen functional groups attached to an aromatic ring is 1. The number of halogens is 1. The molecule has 0 saturated carbocycles. The van der Waals surface area contributed by atoms with Gasteiger partial charge in [0, 0.05) is 30.6 Å². The van der Waals surface area contributed by atoms with Crippen LogP contribution < -0.4 is 10.6 Å². The summed E-state index contributed by atoms with van der Waals surface area (Å²) < 4.78 is 0. The quantitative estimate of drug-likeness (QED) is 0.756. The Hall–Kier alpha value is -0.930. The van der Waals surface area contributed by atoms with Crippen LogP contribution in [-0.2, 0) is 0 Å². The van der Waals surface area contributed by atoms with Crippen molar-refractivity contribution in [3.05, 3.63) is 23.2 Å². The first kappa shape index (κ1) is 10.6. The molecular formula is C11H15ClN2O. The smallest absolute Gasteiger partial charge is 0.0601 e. The molecule has 1 aromatic carbocycles. The number of nitrogens with zero attached hydrogens (tertiary/aromatic N) is 1. The van der Waals surface area contributed by atoms with Crippen molar-refractivity contribution < 1.29 is 5.11 Å². The second-order valence-corrected chi connectivity index (χ2v) is 4.42. The van der Waals surface area contributed by atoms with E-state index in [9.17, 15) is 0 Å². The van der Waals surface area contributed by atoms with Crippen LogP contribution >= 0.6 is 11.6 Å². The van der Waals surface area contributed by atoms with E-state index in [-0.39, 0.29) is 6.61 Å². The summed E-state index contributed by atoms with van der Waals surface area (Å²) in [6.45, 7) is 2.09. The van der Waals surface area contributed by atoms with Crippen molar-refractivity contribution >= 4 is 23.0 Å². The summed E-state index contributed by atoms with van der Waals surface area (Å²) in [6, 6.07) is 5.56. The lowest BCUT2D eigenvalue weighted by molar-refractivity contribution is 0.238. The van der Waals surface area contributed by atoms with Gasteiger partial charge in [0.15, 0.2) is 0 Å². The van der Waals surface area contributed by atoms with Crippen molar-refractivity contribution in [2.45, 2.75) is 6.42 Å². The van der Waals surface area contributed by atoms with Gasteiger partial charge in [-0.15, -0.1) is 0 Å². The highest BCUT2D eigenvalue weighted by atomic mass is 35.5. The third-order valence-electron chi connectivity index (χ3n) is 2.87. The summed E-state index contributed by atoms with van der Waals surface area (Å²) in [5, 5.41) is 9.73.